The van der Waals surface area contributed by atoms with Crippen LogP contribution in [0.4, 0.5) is 0 Å². The summed E-state index contributed by atoms with van der Waals surface area (Å²) in [4.78, 5) is 0. The molecular formula is C18H30. The maximum absolute atomic E-state index is 2.27. The minimum absolute atomic E-state index is 0.861. The second-order valence-electron chi connectivity index (χ2n) is 5.45. The third kappa shape index (κ3) is 6.23. The first-order valence-corrected chi connectivity index (χ1v) is 7.93. The minimum atomic E-state index is 0.861. The Morgan fingerprint density at radius 2 is 1.39 bits per heavy atom. The molecule has 0 heteroatoms. The Kier molecular flexibility index (Phi) is 8.63. The van der Waals surface area contributed by atoms with Gasteiger partial charge in [0.25, 0.3) is 0 Å². The highest BCUT2D eigenvalue weighted by Gasteiger charge is 2.14. The Morgan fingerprint density at radius 1 is 0.833 bits per heavy atom. The summed E-state index contributed by atoms with van der Waals surface area (Å²) in [7, 11) is 0. The van der Waals surface area contributed by atoms with Crippen LogP contribution in [0.2, 0.25) is 0 Å². The zero-order valence-electron chi connectivity index (χ0n) is 12.3. The van der Waals surface area contributed by atoms with E-state index in [1.54, 1.807) is 5.56 Å². The average molecular weight is 246 g/mol. The molecule has 2 rings (SSSR count). The van der Waals surface area contributed by atoms with Crippen molar-refractivity contribution in [3.8, 4) is 0 Å². The third-order valence-electron chi connectivity index (χ3n) is 3.83. The lowest BCUT2D eigenvalue weighted by molar-refractivity contribution is 0.443. The largest absolute Gasteiger partial charge is 0.0654 e. The van der Waals surface area contributed by atoms with Gasteiger partial charge in [-0.3, -0.25) is 0 Å². The summed E-state index contributed by atoms with van der Waals surface area (Å²) in [6, 6.07) is 11.0. The smallest absolute Gasteiger partial charge is 0.0162 e. The molecular weight excluding hydrogens is 216 g/mol. The van der Waals surface area contributed by atoms with Gasteiger partial charge in [0.15, 0.2) is 0 Å². The molecule has 0 bridgehead atoms. The van der Waals surface area contributed by atoms with Gasteiger partial charge in [-0.1, -0.05) is 89.1 Å². The van der Waals surface area contributed by atoms with Gasteiger partial charge in [0, 0.05) is 0 Å². The molecule has 1 saturated carbocycles. The van der Waals surface area contributed by atoms with Crippen LogP contribution in [-0.4, -0.2) is 0 Å². The van der Waals surface area contributed by atoms with Gasteiger partial charge in [-0.05, 0) is 24.3 Å². The van der Waals surface area contributed by atoms with E-state index in [1.807, 2.05) is 0 Å². The normalized spacial score (nSPS) is 15.9. The first-order chi connectivity index (χ1) is 8.88. The summed E-state index contributed by atoms with van der Waals surface area (Å²) < 4.78 is 0. The summed E-state index contributed by atoms with van der Waals surface area (Å²) in [6.45, 7) is 4.46. The standard InChI is InChI=1S/C12H16.C6H14/c1-3-7-11(8-4-1)12-9-5-2-6-10-12;1-3-5-6-4-2/h1,3-4,7-8,12H,2,5-6,9-10H2;3-6H2,1-2H3. The number of unbranched alkanes of at least 4 members (excludes halogenated alkanes) is 3. The molecule has 0 saturated heterocycles. The topological polar surface area (TPSA) is 0 Å². The van der Waals surface area contributed by atoms with Crippen molar-refractivity contribution in [2.24, 2.45) is 0 Å². The highest BCUT2D eigenvalue weighted by atomic mass is 14.2. The lowest BCUT2D eigenvalue weighted by atomic mass is 9.84. The molecule has 0 aromatic heterocycles. The number of hydrogen-bond acceptors (Lipinski definition) is 0. The molecule has 1 aromatic rings. The molecule has 102 valence electrons. The first-order valence-electron chi connectivity index (χ1n) is 7.93. The molecule has 0 spiro atoms. The van der Waals surface area contributed by atoms with Crippen LogP contribution >= 0.6 is 0 Å². The Morgan fingerprint density at radius 3 is 1.89 bits per heavy atom. The van der Waals surface area contributed by atoms with E-state index in [0.717, 1.165) is 5.92 Å². The van der Waals surface area contributed by atoms with Crippen LogP contribution in [-0.2, 0) is 0 Å². The maximum atomic E-state index is 2.27. The van der Waals surface area contributed by atoms with Gasteiger partial charge in [0.1, 0.15) is 0 Å². The van der Waals surface area contributed by atoms with Gasteiger partial charge in [0.05, 0.1) is 0 Å². The molecule has 1 aliphatic carbocycles. The molecule has 1 fully saturated rings. The van der Waals surface area contributed by atoms with E-state index in [0.29, 0.717) is 0 Å². The fourth-order valence-electron chi connectivity index (χ4n) is 2.66. The lowest BCUT2D eigenvalue weighted by Gasteiger charge is -2.21. The number of rotatable bonds is 4. The van der Waals surface area contributed by atoms with Crippen LogP contribution in [0.15, 0.2) is 30.3 Å². The molecule has 0 radical (unpaired) electrons. The quantitative estimate of drug-likeness (QED) is 0.545. The molecule has 0 unspecified atom stereocenters. The van der Waals surface area contributed by atoms with E-state index in [2.05, 4.69) is 44.2 Å². The van der Waals surface area contributed by atoms with Crippen LogP contribution in [0.1, 0.15) is 83.1 Å². The fourth-order valence-corrected chi connectivity index (χ4v) is 2.66. The van der Waals surface area contributed by atoms with Crippen LogP contribution < -0.4 is 0 Å². The predicted molar refractivity (Wildman–Crippen MR) is 82.1 cm³/mol. The summed E-state index contributed by atoms with van der Waals surface area (Å²) in [5.74, 6) is 0.861. The van der Waals surface area contributed by atoms with E-state index in [-0.39, 0.29) is 0 Å². The van der Waals surface area contributed by atoms with Crippen LogP contribution in [0.25, 0.3) is 0 Å². The zero-order chi connectivity index (χ0) is 13.1. The van der Waals surface area contributed by atoms with Crippen LogP contribution in [0, 0.1) is 0 Å². The maximum Gasteiger partial charge on any atom is -0.0162 e. The molecule has 0 N–H and O–H groups in total. The molecule has 0 atom stereocenters. The van der Waals surface area contributed by atoms with Crippen LogP contribution in [0.3, 0.4) is 0 Å². The highest BCUT2D eigenvalue weighted by molar-refractivity contribution is 5.19. The Hall–Kier alpha value is -0.780. The summed E-state index contributed by atoms with van der Waals surface area (Å²) in [5, 5.41) is 0. The van der Waals surface area contributed by atoms with Gasteiger partial charge in [-0.15, -0.1) is 0 Å². The summed E-state index contributed by atoms with van der Waals surface area (Å²) in [6.07, 6.45) is 12.7. The first kappa shape index (κ1) is 15.3. The van der Waals surface area contributed by atoms with Gasteiger partial charge < -0.3 is 0 Å². The molecule has 1 aliphatic rings. The second-order valence-corrected chi connectivity index (χ2v) is 5.45. The second kappa shape index (κ2) is 10.2. The van der Waals surface area contributed by atoms with E-state index in [1.165, 1.54) is 57.8 Å². The Bertz CT molecular complexity index is 265. The van der Waals surface area contributed by atoms with Gasteiger partial charge in [-0.25, -0.2) is 0 Å². The van der Waals surface area contributed by atoms with Crippen molar-refractivity contribution in [3.63, 3.8) is 0 Å². The number of benzene rings is 1. The van der Waals surface area contributed by atoms with E-state index in [4.69, 9.17) is 0 Å². The van der Waals surface area contributed by atoms with E-state index >= 15 is 0 Å². The van der Waals surface area contributed by atoms with Crippen molar-refractivity contribution in [1.82, 2.24) is 0 Å². The van der Waals surface area contributed by atoms with Gasteiger partial charge >= 0.3 is 0 Å². The Balaban J connectivity index is 0.000000232. The molecule has 0 aliphatic heterocycles. The van der Waals surface area contributed by atoms with E-state index in [9.17, 15) is 0 Å². The third-order valence-corrected chi connectivity index (χ3v) is 3.83. The average Bonchev–Trinajstić information content (AvgIpc) is 2.48. The van der Waals surface area contributed by atoms with Crippen LogP contribution in [0.5, 0.6) is 0 Å². The molecule has 18 heavy (non-hydrogen) atoms. The highest BCUT2D eigenvalue weighted by Crippen LogP contribution is 2.32. The SMILES string of the molecule is CCCCCC.c1ccc(C2CCCCC2)cc1. The monoisotopic (exact) mass is 246 g/mol. The molecule has 1 aromatic carbocycles. The molecule has 0 heterocycles. The van der Waals surface area contributed by atoms with Crippen molar-refractivity contribution in [1.29, 1.82) is 0 Å². The van der Waals surface area contributed by atoms with Crippen molar-refractivity contribution in [2.45, 2.75) is 77.6 Å². The Labute approximate surface area is 114 Å². The van der Waals surface area contributed by atoms with Gasteiger partial charge in [0.2, 0.25) is 0 Å². The van der Waals surface area contributed by atoms with Gasteiger partial charge in [-0.2, -0.15) is 0 Å². The van der Waals surface area contributed by atoms with Crippen molar-refractivity contribution >= 4 is 0 Å². The zero-order valence-corrected chi connectivity index (χ0v) is 12.3. The van der Waals surface area contributed by atoms with Crippen molar-refractivity contribution < 1.29 is 0 Å². The summed E-state index contributed by atoms with van der Waals surface area (Å²) >= 11 is 0. The molecule has 0 nitrogen and oxygen atoms in total. The minimum Gasteiger partial charge on any atom is -0.0654 e. The van der Waals surface area contributed by atoms with Crippen molar-refractivity contribution in [2.75, 3.05) is 0 Å². The predicted octanol–water partition coefficient (Wildman–Crippen LogP) is 6.32. The number of hydrogen-bond donors (Lipinski definition) is 0. The fraction of sp³-hybridized carbons (Fsp3) is 0.667. The molecule has 0 amide bonds. The van der Waals surface area contributed by atoms with Crippen molar-refractivity contribution in [3.05, 3.63) is 35.9 Å². The van der Waals surface area contributed by atoms with E-state index < -0.39 is 0 Å². The summed E-state index contributed by atoms with van der Waals surface area (Å²) in [5.41, 5.74) is 1.55. The lowest BCUT2D eigenvalue weighted by Crippen LogP contribution is -2.03.